The molecule has 19 heavy (non-hydrogen) atoms. The van der Waals surface area contributed by atoms with E-state index in [4.69, 9.17) is 39.5 Å². The zero-order valence-electron chi connectivity index (χ0n) is 10.3. The molecule has 0 bridgehead atoms. The second kappa shape index (κ2) is 6.47. The summed E-state index contributed by atoms with van der Waals surface area (Å²) >= 11 is 17.8. The van der Waals surface area contributed by atoms with Gasteiger partial charge >= 0.3 is 0 Å². The van der Waals surface area contributed by atoms with Gasteiger partial charge in [-0.05, 0) is 31.2 Å². The van der Waals surface area contributed by atoms with Crippen molar-refractivity contribution in [3.8, 4) is 5.75 Å². The summed E-state index contributed by atoms with van der Waals surface area (Å²) in [5, 5.41) is 1.19. The molecule has 5 heteroatoms. The van der Waals surface area contributed by atoms with Crippen LogP contribution in [0.1, 0.15) is 17.0 Å². The van der Waals surface area contributed by atoms with E-state index in [0.29, 0.717) is 28.3 Å². The van der Waals surface area contributed by atoms with E-state index < -0.39 is 0 Å². The number of rotatable bonds is 4. The largest absolute Gasteiger partial charge is 0.487 e. The minimum atomic E-state index is 0.311. The molecule has 100 valence electrons. The molecule has 0 amide bonds. The van der Waals surface area contributed by atoms with Crippen LogP contribution in [0, 0.1) is 6.92 Å². The number of benzene rings is 1. The van der Waals surface area contributed by atoms with Crippen LogP contribution < -0.4 is 4.74 Å². The zero-order valence-corrected chi connectivity index (χ0v) is 12.6. The predicted molar refractivity (Wildman–Crippen MR) is 79.3 cm³/mol. The van der Waals surface area contributed by atoms with Crippen LogP contribution in [0.15, 0.2) is 30.3 Å². The van der Waals surface area contributed by atoms with Crippen molar-refractivity contribution >= 4 is 34.8 Å². The van der Waals surface area contributed by atoms with E-state index in [1.54, 1.807) is 12.1 Å². The highest BCUT2D eigenvalue weighted by molar-refractivity contribution is 6.35. The Morgan fingerprint density at radius 1 is 1.16 bits per heavy atom. The third-order valence-electron chi connectivity index (χ3n) is 2.60. The summed E-state index contributed by atoms with van der Waals surface area (Å²) in [5.41, 5.74) is 2.51. The van der Waals surface area contributed by atoms with Gasteiger partial charge in [-0.25, -0.2) is 0 Å². The summed E-state index contributed by atoms with van der Waals surface area (Å²) in [6, 6.07) is 9.06. The van der Waals surface area contributed by atoms with Crippen LogP contribution in [0.5, 0.6) is 5.75 Å². The lowest BCUT2D eigenvalue weighted by atomic mass is 10.2. The molecule has 2 nitrogen and oxygen atoms in total. The number of halogens is 3. The van der Waals surface area contributed by atoms with E-state index in [1.165, 1.54) is 0 Å². The second-order valence-corrected chi connectivity index (χ2v) is 5.17. The van der Waals surface area contributed by atoms with Crippen LogP contribution in [-0.4, -0.2) is 4.98 Å². The van der Waals surface area contributed by atoms with Crippen LogP contribution in [-0.2, 0) is 12.5 Å². The van der Waals surface area contributed by atoms with E-state index in [-0.39, 0.29) is 0 Å². The highest BCUT2D eigenvalue weighted by atomic mass is 35.5. The summed E-state index contributed by atoms with van der Waals surface area (Å²) < 4.78 is 5.72. The first kappa shape index (κ1) is 14.4. The van der Waals surface area contributed by atoms with Crippen LogP contribution in [0.4, 0.5) is 0 Å². The number of hydrogen-bond donors (Lipinski definition) is 0. The van der Waals surface area contributed by atoms with Crippen molar-refractivity contribution in [1.82, 2.24) is 4.98 Å². The number of aromatic nitrogens is 1. The molecule has 0 radical (unpaired) electrons. The molecule has 0 aliphatic carbocycles. The van der Waals surface area contributed by atoms with Gasteiger partial charge in [-0.1, -0.05) is 29.3 Å². The average Bonchev–Trinajstić information content (AvgIpc) is 2.39. The zero-order chi connectivity index (χ0) is 13.8. The molecule has 0 aliphatic rings. The average molecular weight is 317 g/mol. The van der Waals surface area contributed by atoms with Crippen LogP contribution >= 0.6 is 34.8 Å². The molecule has 0 N–H and O–H groups in total. The summed E-state index contributed by atoms with van der Waals surface area (Å²) in [5.74, 6) is 0.984. The fraction of sp³-hybridized carbons (Fsp3) is 0.214. The fourth-order valence-electron chi connectivity index (χ4n) is 1.62. The molecule has 0 spiro atoms. The Balaban J connectivity index is 2.14. The molecule has 1 aromatic carbocycles. The molecule has 0 fully saturated rings. The first-order valence-corrected chi connectivity index (χ1v) is 6.98. The lowest BCUT2D eigenvalue weighted by Crippen LogP contribution is -2.01. The highest BCUT2D eigenvalue weighted by Gasteiger charge is 2.07. The van der Waals surface area contributed by atoms with Gasteiger partial charge in [0, 0.05) is 21.3 Å². The quantitative estimate of drug-likeness (QED) is 0.739. The first-order chi connectivity index (χ1) is 9.10. The Morgan fingerprint density at radius 3 is 2.63 bits per heavy atom. The van der Waals surface area contributed by atoms with E-state index in [1.807, 2.05) is 25.1 Å². The molecule has 0 aliphatic heterocycles. The molecular formula is C14H12Cl3NO. The topological polar surface area (TPSA) is 22.1 Å². The van der Waals surface area contributed by atoms with Crippen molar-refractivity contribution in [3.63, 3.8) is 0 Å². The number of aryl methyl sites for hydroxylation is 1. The van der Waals surface area contributed by atoms with Crippen LogP contribution in [0.2, 0.25) is 10.0 Å². The minimum Gasteiger partial charge on any atom is -0.487 e. The lowest BCUT2D eigenvalue weighted by Gasteiger charge is -2.11. The van der Waals surface area contributed by atoms with Crippen molar-refractivity contribution in [2.45, 2.75) is 19.4 Å². The summed E-state index contributed by atoms with van der Waals surface area (Å²) in [4.78, 5) is 4.33. The molecular weight excluding hydrogens is 305 g/mol. The van der Waals surface area contributed by atoms with Gasteiger partial charge in [0.05, 0.1) is 11.6 Å². The highest BCUT2D eigenvalue weighted by Crippen LogP contribution is 2.24. The van der Waals surface area contributed by atoms with Gasteiger partial charge in [0.1, 0.15) is 12.4 Å². The predicted octanol–water partition coefficient (Wildman–Crippen LogP) is 5.01. The van der Waals surface area contributed by atoms with E-state index in [2.05, 4.69) is 4.98 Å². The third kappa shape index (κ3) is 3.75. The molecule has 0 atom stereocenters. The van der Waals surface area contributed by atoms with Gasteiger partial charge in [0.15, 0.2) is 0 Å². The Kier molecular flexibility index (Phi) is 4.92. The Bertz CT molecular complexity index is 587. The normalized spacial score (nSPS) is 10.5. The number of nitrogens with zero attached hydrogens (tertiary/aromatic N) is 1. The SMILES string of the molecule is Cc1ccc(OCc2ccc(Cl)cc2Cl)c(CCl)n1. The van der Waals surface area contributed by atoms with E-state index >= 15 is 0 Å². The molecule has 0 saturated heterocycles. The smallest absolute Gasteiger partial charge is 0.142 e. The molecule has 1 aromatic heterocycles. The summed E-state index contributed by atoms with van der Waals surface area (Å²) in [6.07, 6.45) is 0. The van der Waals surface area contributed by atoms with Crippen molar-refractivity contribution in [3.05, 3.63) is 57.3 Å². The van der Waals surface area contributed by atoms with Gasteiger partial charge in [0.25, 0.3) is 0 Å². The number of pyridine rings is 1. The van der Waals surface area contributed by atoms with Gasteiger partial charge in [-0.3, -0.25) is 4.98 Å². The van der Waals surface area contributed by atoms with E-state index in [0.717, 1.165) is 17.0 Å². The van der Waals surface area contributed by atoms with Gasteiger partial charge in [-0.15, -0.1) is 11.6 Å². The van der Waals surface area contributed by atoms with Crippen LogP contribution in [0.25, 0.3) is 0 Å². The Morgan fingerprint density at radius 2 is 1.95 bits per heavy atom. The Hall–Kier alpha value is -0.960. The van der Waals surface area contributed by atoms with Gasteiger partial charge in [0.2, 0.25) is 0 Å². The molecule has 2 rings (SSSR count). The monoisotopic (exact) mass is 315 g/mol. The Labute approximate surface area is 127 Å². The lowest BCUT2D eigenvalue weighted by molar-refractivity contribution is 0.302. The molecule has 1 heterocycles. The molecule has 2 aromatic rings. The minimum absolute atomic E-state index is 0.311. The van der Waals surface area contributed by atoms with Crippen molar-refractivity contribution < 1.29 is 4.74 Å². The third-order valence-corrected chi connectivity index (χ3v) is 3.44. The summed E-state index contributed by atoms with van der Waals surface area (Å²) in [7, 11) is 0. The number of ether oxygens (including phenoxy) is 1. The van der Waals surface area contributed by atoms with Crippen molar-refractivity contribution in [2.24, 2.45) is 0 Å². The second-order valence-electron chi connectivity index (χ2n) is 4.06. The first-order valence-electron chi connectivity index (χ1n) is 5.69. The molecule has 0 unspecified atom stereocenters. The van der Waals surface area contributed by atoms with Crippen molar-refractivity contribution in [2.75, 3.05) is 0 Å². The maximum absolute atomic E-state index is 6.09. The van der Waals surface area contributed by atoms with Gasteiger partial charge < -0.3 is 4.74 Å². The van der Waals surface area contributed by atoms with Crippen LogP contribution in [0.3, 0.4) is 0 Å². The fourth-order valence-corrected chi connectivity index (χ4v) is 2.27. The van der Waals surface area contributed by atoms with Crippen molar-refractivity contribution in [1.29, 1.82) is 0 Å². The number of hydrogen-bond acceptors (Lipinski definition) is 2. The molecule has 0 saturated carbocycles. The maximum Gasteiger partial charge on any atom is 0.142 e. The number of alkyl halides is 1. The summed E-state index contributed by atoms with van der Waals surface area (Å²) in [6.45, 7) is 2.26. The van der Waals surface area contributed by atoms with Gasteiger partial charge in [-0.2, -0.15) is 0 Å². The standard InChI is InChI=1S/C14H12Cl3NO/c1-9-2-5-14(13(7-15)18-9)19-8-10-3-4-11(16)6-12(10)17/h2-6H,7-8H2,1H3. The maximum atomic E-state index is 6.09. The van der Waals surface area contributed by atoms with E-state index in [9.17, 15) is 0 Å².